The SMILES string of the molecule is CC(=O)Nc1cc(COCc2ccc(O)c(NC(C)=O)c2)ccc1O. The molecule has 0 aliphatic rings. The third kappa shape index (κ3) is 5.50. The maximum Gasteiger partial charge on any atom is 0.221 e. The fourth-order valence-corrected chi connectivity index (χ4v) is 2.21. The number of carbonyl (C=O) groups is 2. The van der Waals surface area contributed by atoms with Crippen molar-refractivity contribution in [3.8, 4) is 11.5 Å². The van der Waals surface area contributed by atoms with Crippen molar-refractivity contribution in [2.45, 2.75) is 27.1 Å². The summed E-state index contributed by atoms with van der Waals surface area (Å²) < 4.78 is 5.62. The lowest BCUT2D eigenvalue weighted by Crippen LogP contribution is -2.07. The molecule has 132 valence electrons. The van der Waals surface area contributed by atoms with Crippen molar-refractivity contribution < 1.29 is 24.5 Å². The molecule has 25 heavy (non-hydrogen) atoms. The van der Waals surface area contributed by atoms with Crippen LogP contribution in [0.25, 0.3) is 0 Å². The van der Waals surface area contributed by atoms with E-state index in [-0.39, 0.29) is 36.5 Å². The highest BCUT2D eigenvalue weighted by Crippen LogP contribution is 2.26. The molecule has 2 amide bonds. The average Bonchev–Trinajstić information content (AvgIpc) is 2.52. The van der Waals surface area contributed by atoms with Gasteiger partial charge in [0, 0.05) is 13.8 Å². The van der Waals surface area contributed by atoms with Crippen molar-refractivity contribution in [3.63, 3.8) is 0 Å². The van der Waals surface area contributed by atoms with Crippen LogP contribution in [0.3, 0.4) is 0 Å². The van der Waals surface area contributed by atoms with Crippen LogP contribution in [0.2, 0.25) is 0 Å². The molecule has 0 fully saturated rings. The highest BCUT2D eigenvalue weighted by molar-refractivity contribution is 5.91. The molecular formula is C18H20N2O5. The van der Waals surface area contributed by atoms with Gasteiger partial charge in [-0.25, -0.2) is 0 Å². The molecule has 0 aliphatic heterocycles. The number of carbonyl (C=O) groups excluding carboxylic acids is 2. The lowest BCUT2D eigenvalue weighted by Gasteiger charge is -2.10. The summed E-state index contributed by atoms with van der Waals surface area (Å²) in [6, 6.07) is 9.63. The molecule has 4 N–H and O–H groups in total. The zero-order chi connectivity index (χ0) is 18.4. The van der Waals surface area contributed by atoms with Crippen LogP contribution in [0.1, 0.15) is 25.0 Å². The summed E-state index contributed by atoms with van der Waals surface area (Å²) in [6.07, 6.45) is 0. The molecular weight excluding hydrogens is 324 g/mol. The number of aromatic hydroxyl groups is 2. The summed E-state index contributed by atoms with van der Waals surface area (Å²) >= 11 is 0. The molecule has 0 radical (unpaired) electrons. The summed E-state index contributed by atoms with van der Waals surface area (Å²) in [5, 5.41) is 24.5. The number of benzene rings is 2. The fraction of sp³-hybridized carbons (Fsp3) is 0.222. The van der Waals surface area contributed by atoms with Gasteiger partial charge in [-0.05, 0) is 35.4 Å². The van der Waals surface area contributed by atoms with Gasteiger partial charge in [-0.2, -0.15) is 0 Å². The van der Waals surface area contributed by atoms with Crippen LogP contribution >= 0.6 is 0 Å². The van der Waals surface area contributed by atoms with Gasteiger partial charge in [-0.1, -0.05) is 12.1 Å². The van der Waals surface area contributed by atoms with E-state index < -0.39 is 0 Å². The summed E-state index contributed by atoms with van der Waals surface area (Å²) in [5.41, 5.74) is 2.21. The Hall–Kier alpha value is -3.06. The van der Waals surface area contributed by atoms with Gasteiger partial charge in [0.2, 0.25) is 11.8 Å². The first-order valence-electron chi connectivity index (χ1n) is 7.62. The van der Waals surface area contributed by atoms with Crippen LogP contribution in [0, 0.1) is 0 Å². The number of phenolic OH excluding ortho intramolecular Hbond substituents is 2. The standard InChI is InChI=1S/C18H20N2O5/c1-11(21)19-15-7-13(3-5-17(15)23)9-25-10-14-4-6-18(24)16(8-14)20-12(2)22/h3-8,23-24H,9-10H2,1-2H3,(H,19,21)(H,20,22). The van der Waals surface area contributed by atoms with Crippen LogP contribution in [0.5, 0.6) is 11.5 Å². The molecule has 2 rings (SSSR count). The summed E-state index contributed by atoms with van der Waals surface area (Å²) in [4.78, 5) is 22.2. The van der Waals surface area contributed by atoms with Crippen molar-refractivity contribution >= 4 is 23.2 Å². The van der Waals surface area contributed by atoms with Gasteiger partial charge in [0.1, 0.15) is 11.5 Å². The lowest BCUT2D eigenvalue weighted by molar-refractivity contribution is -0.115. The Morgan fingerprint density at radius 1 is 0.840 bits per heavy atom. The largest absolute Gasteiger partial charge is 0.506 e. The fourth-order valence-electron chi connectivity index (χ4n) is 2.21. The van der Waals surface area contributed by atoms with E-state index in [0.717, 1.165) is 11.1 Å². The van der Waals surface area contributed by atoms with Crippen molar-refractivity contribution in [1.82, 2.24) is 0 Å². The first kappa shape index (κ1) is 18.3. The Morgan fingerprint density at radius 2 is 1.24 bits per heavy atom. The molecule has 2 aromatic carbocycles. The Kier molecular flexibility index (Phi) is 5.97. The second kappa shape index (κ2) is 8.16. The maximum absolute atomic E-state index is 11.1. The van der Waals surface area contributed by atoms with Gasteiger partial charge in [-0.15, -0.1) is 0 Å². The third-order valence-corrected chi connectivity index (χ3v) is 3.28. The quantitative estimate of drug-likeness (QED) is 0.603. The number of nitrogens with one attached hydrogen (secondary N) is 2. The molecule has 2 aromatic rings. The van der Waals surface area contributed by atoms with Crippen molar-refractivity contribution in [1.29, 1.82) is 0 Å². The third-order valence-electron chi connectivity index (χ3n) is 3.28. The van der Waals surface area contributed by atoms with Crippen LogP contribution in [0.4, 0.5) is 11.4 Å². The smallest absolute Gasteiger partial charge is 0.221 e. The first-order chi connectivity index (χ1) is 11.8. The second-order valence-corrected chi connectivity index (χ2v) is 5.56. The van der Waals surface area contributed by atoms with E-state index in [4.69, 9.17) is 4.74 Å². The predicted molar refractivity (Wildman–Crippen MR) is 93.3 cm³/mol. The van der Waals surface area contributed by atoms with E-state index in [0.29, 0.717) is 11.4 Å². The monoisotopic (exact) mass is 344 g/mol. The Labute approximate surface area is 145 Å². The zero-order valence-electron chi connectivity index (χ0n) is 14.0. The van der Waals surface area contributed by atoms with E-state index in [2.05, 4.69) is 10.6 Å². The van der Waals surface area contributed by atoms with Crippen molar-refractivity contribution in [3.05, 3.63) is 47.5 Å². The summed E-state index contributed by atoms with van der Waals surface area (Å²) in [6.45, 7) is 3.26. The zero-order valence-corrected chi connectivity index (χ0v) is 14.0. The van der Waals surface area contributed by atoms with Gasteiger partial charge >= 0.3 is 0 Å². The van der Waals surface area contributed by atoms with Crippen LogP contribution in [-0.4, -0.2) is 22.0 Å². The van der Waals surface area contributed by atoms with E-state index in [9.17, 15) is 19.8 Å². The Morgan fingerprint density at radius 3 is 1.60 bits per heavy atom. The predicted octanol–water partition coefficient (Wildman–Crippen LogP) is 2.73. The molecule has 0 unspecified atom stereocenters. The lowest BCUT2D eigenvalue weighted by atomic mass is 10.2. The topological polar surface area (TPSA) is 108 Å². The minimum atomic E-state index is -0.275. The number of phenols is 2. The Balaban J connectivity index is 1.99. The Bertz CT molecular complexity index is 724. The normalized spacial score (nSPS) is 10.3. The van der Waals surface area contributed by atoms with Crippen LogP contribution < -0.4 is 10.6 Å². The molecule has 0 saturated carbocycles. The van der Waals surface area contributed by atoms with E-state index >= 15 is 0 Å². The van der Waals surface area contributed by atoms with Crippen molar-refractivity contribution in [2.75, 3.05) is 10.6 Å². The van der Waals surface area contributed by atoms with Crippen molar-refractivity contribution in [2.24, 2.45) is 0 Å². The second-order valence-electron chi connectivity index (χ2n) is 5.56. The minimum absolute atomic E-state index is 0.0163. The van der Waals surface area contributed by atoms with Crippen LogP contribution in [-0.2, 0) is 27.5 Å². The van der Waals surface area contributed by atoms with Crippen LogP contribution in [0.15, 0.2) is 36.4 Å². The summed E-state index contributed by atoms with van der Waals surface area (Å²) in [5.74, 6) is -0.583. The molecule has 0 aromatic heterocycles. The van der Waals surface area contributed by atoms with E-state index in [1.807, 2.05) is 0 Å². The first-order valence-corrected chi connectivity index (χ1v) is 7.62. The number of ether oxygens (including phenoxy) is 1. The molecule has 0 heterocycles. The van der Waals surface area contributed by atoms with Gasteiger partial charge in [0.15, 0.2) is 0 Å². The maximum atomic E-state index is 11.1. The molecule has 7 heteroatoms. The van der Waals surface area contributed by atoms with E-state index in [1.165, 1.54) is 26.0 Å². The number of hydrogen-bond donors (Lipinski definition) is 4. The molecule has 0 aliphatic carbocycles. The molecule has 0 atom stereocenters. The molecule has 0 spiro atoms. The molecule has 7 nitrogen and oxygen atoms in total. The number of rotatable bonds is 6. The average molecular weight is 344 g/mol. The molecule has 0 bridgehead atoms. The van der Waals surface area contributed by atoms with E-state index in [1.54, 1.807) is 24.3 Å². The minimum Gasteiger partial charge on any atom is -0.506 e. The van der Waals surface area contributed by atoms with Gasteiger partial charge in [0.25, 0.3) is 0 Å². The van der Waals surface area contributed by atoms with Gasteiger partial charge in [0.05, 0.1) is 24.6 Å². The number of hydrogen-bond acceptors (Lipinski definition) is 5. The summed E-state index contributed by atoms with van der Waals surface area (Å²) in [7, 11) is 0. The highest BCUT2D eigenvalue weighted by atomic mass is 16.5. The van der Waals surface area contributed by atoms with Gasteiger partial charge < -0.3 is 25.6 Å². The number of anilines is 2. The van der Waals surface area contributed by atoms with Gasteiger partial charge in [-0.3, -0.25) is 9.59 Å². The number of amides is 2. The highest BCUT2D eigenvalue weighted by Gasteiger charge is 2.07. The molecule has 0 saturated heterocycles.